The summed E-state index contributed by atoms with van der Waals surface area (Å²) in [5, 5.41) is 7.38. The van der Waals surface area contributed by atoms with Crippen molar-refractivity contribution in [1.82, 2.24) is 14.8 Å². The van der Waals surface area contributed by atoms with E-state index in [2.05, 4.69) is 15.4 Å². The quantitative estimate of drug-likeness (QED) is 0.908. The minimum atomic E-state index is 0.0912. The third-order valence-electron chi connectivity index (χ3n) is 5.58. The summed E-state index contributed by atoms with van der Waals surface area (Å²) >= 11 is 0. The molecule has 2 heterocycles. The summed E-state index contributed by atoms with van der Waals surface area (Å²) in [6.45, 7) is 0. The van der Waals surface area contributed by atoms with E-state index in [4.69, 9.17) is 5.73 Å². The van der Waals surface area contributed by atoms with Gasteiger partial charge in [-0.25, -0.2) is 4.68 Å². The number of nitrogens with two attached hydrogens (primary N) is 1. The lowest BCUT2D eigenvalue weighted by molar-refractivity contribution is -0.122. The van der Waals surface area contributed by atoms with Crippen LogP contribution in [0.15, 0.2) is 36.8 Å². The molecule has 6 heteroatoms. The van der Waals surface area contributed by atoms with Crippen LogP contribution in [0.1, 0.15) is 38.5 Å². The van der Waals surface area contributed by atoms with Gasteiger partial charge in [0, 0.05) is 36.6 Å². The molecule has 1 amide bonds. The molecule has 2 aliphatic rings. The molecular formula is C18H23N5O. The van der Waals surface area contributed by atoms with Gasteiger partial charge in [0.2, 0.25) is 5.91 Å². The molecule has 3 N–H and O–H groups in total. The van der Waals surface area contributed by atoms with Crippen molar-refractivity contribution < 1.29 is 4.79 Å². The van der Waals surface area contributed by atoms with Gasteiger partial charge in [-0.3, -0.25) is 9.78 Å². The summed E-state index contributed by atoms with van der Waals surface area (Å²) < 4.78 is 1.74. The maximum atomic E-state index is 12.5. The number of aromatic nitrogens is 3. The third kappa shape index (κ3) is 2.94. The van der Waals surface area contributed by atoms with Crippen LogP contribution >= 0.6 is 0 Å². The maximum Gasteiger partial charge on any atom is 0.228 e. The normalized spacial score (nSPS) is 29.2. The predicted octanol–water partition coefficient (Wildman–Crippen LogP) is 2.50. The van der Waals surface area contributed by atoms with Crippen LogP contribution in [0.2, 0.25) is 0 Å². The van der Waals surface area contributed by atoms with Gasteiger partial charge in [-0.05, 0) is 56.1 Å². The van der Waals surface area contributed by atoms with Crippen molar-refractivity contribution in [1.29, 1.82) is 0 Å². The summed E-state index contributed by atoms with van der Waals surface area (Å²) in [5.74, 6) is 0.787. The molecule has 0 aliphatic heterocycles. The van der Waals surface area contributed by atoms with Crippen LogP contribution in [-0.2, 0) is 4.79 Å². The van der Waals surface area contributed by atoms with Crippen molar-refractivity contribution in [2.75, 3.05) is 5.32 Å². The average Bonchev–Trinajstić information content (AvgIpc) is 3.03. The minimum absolute atomic E-state index is 0.0912. The first kappa shape index (κ1) is 15.3. The Hall–Kier alpha value is -2.21. The molecule has 0 saturated heterocycles. The molecule has 1 spiro atoms. The van der Waals surface area contributed by atoms with Crippen molar-refractivity contribution >= 4 is 11.7 Å². The molecule has 4 rings (SSSR count). The summed E-state index contributed by atoms with van der Waals surface area (Å²) in [6, 6.07) is 5.96. The van der Waals surface area contributed by atoms with Gasteiger partial charge in [-0.1, -0.05) is 0 Å². The third-order valence-corrected chi connectivity index (χ3v) is 5.58. The van der Waals surface area contributed by atoms with Gasteiger partial charge in [0.1, 0.15) is 0 Å². The Morgan fingerprint density at radius 2 is 1.92 bits per heavy atom. The van der Waals surface area contributed by atoms with Gasteiger partial charge >= 0.3 is 0 Å². The first-order valence-electron chi connectivity index (χ1n) is 8.66. The van der Waals surface area contributed by atoms with Crippen molar-refractivity contribution in [3.63, 3.8) is 0 Å². The number of pyridine rings is 1. The fourth-order valence-electron chi connectivity index (χ4n) is 4.21. The van der Waals surface area contributed by atoms with Crippen LogP contribution in [0.5, 0.6) is 0 Å². The van der Waals surface area contributed by atoms with Crippen LogP contribution in [-0.4, -0.2) is 26.7 Å². The zero-order valence-electron chi connectivity index (χ0n) is 13.7. The van der Waals surface area contributed by atoms with Crippen molar-refractivity contribution in [2.24, 2.45) is 17.1 Å². The standard InChI is InChI=1S/C18H23N5O/c19-14-11-18(12-14)6-1-13(2-7-18)17(24)21-16-5-10-23(22-16)15-3-8-20-9-4-15/h3-5,8-10,13-14H,1-2,6-7,11-12,19H2,(H,21,22,24). The van der Waals surface area contributed by atoms with Crippen molar-refractivity contribution in [3.05, 3.63) is 36.8 Å². The summed E-state index contributed by atoms with van der Waals surface area (Å²) in [4.78, 5) is 16.5. The fraction of sp³-hybridized carbons (Fsp3) is 0.500. The van der Waals surface area contributed by atoms with E-state index in [1.54, 1.807) is 17.1 Å². The number of carbonyl (C=O) groups excluding carboxylic acids is 1. The number of anilines is 1. The average molecular weight is 325 g/mol. The highest BCUT2D eigenvalue weighted by atomic mass is 16.2. The molecule has 0 aromatic carbocycles. The Morgan fingerprint density at radius 1 is 1.21 bits per heavy atom. The number of carbonyl (C=O) groups is 1. The number of nitrogens with zero attached hydrogens (tertiary/aromatic N) is 3. The van der Waals surface area contributed by atoms with Crippen LogP contribution in [0, 0.1) is 11.3 Å². The minimum Gasteiger partial charge on any atom is -0.328 e. The van der Waals surface area contributed by atoms with Crippen LogP contribution < -0.4 is 11.1 Å². The van der Waals surface area contributed by atoms with Gasteiger partial charge in [0.05, 0.1) is 5.69 Å². The first-order valence-corrected chi connectivity index (χ1v) is 8.66. The van der Waals surface area contributed by atoms with Crippen LogP contribution in [0.25, 0.3) is 5.69 Å². The van der Waals surface area contributed by atoms with Crippen molar-refractivity contribution in [3.8, 4) is 5.69 Å². The van der Waals surface area contributed by atoms with Crippen LogP contribution in [0.4, 0.5) is 5.82 Å². The fourth-order valence-corrected chi connectivity index (χ4v) is 4.21. The van der Waals surface area contributed by atoms with Crippen molar-refractivity contribution in [2.45, 2.75) is 44.6 Å². The van der Waals surface area contributed by atoms with Gasteiger partial charge in [-0.15, -0.1) is 0 Å². The molecule has 6 nitrogen and oxygen atoms in total. The predicted molar refractivity (Wildman–Crippen MR) is 91.6 cm³/mol. The SMILES string of the molecule is NC1CC2(CCC(C(=O)Nc3ccn(-c4ccncc4)n3)CC2)C1. The summed E-state index contributed by atoms with van der Waals surface area (Å²) in [5.41, 5.74) is 7.30. The first-order chi connectivity index (χ1) is 11.6. The molecule has 0 radical (unpaired) electrons. The van der Waals surface area contributed by atoms with E-state index in [1.165, 1.54) is 0 Å². The van der Waals surface area contributed by atoms with E-state index in [0.717, 1.165) is 44.2 Å². The number of hydrogen-bond acceptors (Lipinski definition) is 4. The summed E-state index contributed by atoms with van der Waals surface area (Å²) in [6.07, 6.45) is 11.7. The Kier molecular flexibility index (Phi) is 3.84. The molecule has 0 bridgehead atoms. The second-order valence-electron chi connectivity index (χ2n) is 7.28. The number of rotatable bonds is 3. The molecule has 24 heavy (non-hydrogen) atoms. The Bertz CT molecular complexity index is 710. The monoisotopic (exact) mass is 325 g/mol. The molecule has 0 unspecified atom stereocenters. The van der Waals surface area contributed by atoms with E-state index < -0.39 is 0 Å². The molecule has 2 saturated carbocycles. The highest BCUT2D eigenvalue weighted by molar-refractivity contribution is 5.91. The molecule has 126 valence electrons. The number of nitrogens with one attached hydrogen (secondary N) is 1. The van der Waals surface area contributed by atoms with Gasteiger partial charge in [0.25, 0.3) is 0 Å². The topological polar surface area (TPSA) is 85.8 Å². The van der Waals surface area contributed by atoms with E-state index in [9.17, 15) is 4.79 Å². The Labute approximate surface area is 141 Å². The lowest BCUT2D eigenvalue weighted by Crippen LogP contribution is -2.48. The van der Waals surface area contributed by atoms with E-state index in [0.29, 0.717) is 17.3 Å². The zero-order chi connectivity index (χ0) is 16.6. The lowest BCUT2D eigenvalue weighted by Gasteiger charge is -2.50. The van der Waals surface area contributed by atoms with Gasteiger partial charge < -0.3 is 11.1 Å². The zero-order valence-corrected chi connectivity index (χ0v) is 13.7. The van der Waals surface area contributed by atoms with E-state index >= 15 is 0 Å². The highest BCUT2D eigenvalue weighted by Crippen LogP contribution is 2.52. The molecule has 0 atom stereocenters. The lowest BCUT2D eigenvalue weighted by atomic mass is 9.57. The smallest absolute Gasteiger partial charge is 0.228 e. The van der Waals surface area contributed by atoms with Gasteiger partial charge in [-0.2, -0.15) is 5.10 Å². The van der Waals surface area contributed by atoms with E-state index in [1.807, 2.05) is 24.4 Å². The Morgan fingerprint density at radius 3 is 2.58 bits per heavy atom. The molecule has 2 aliphatic carbocycles. The Balaban J connectivity index is 1.35. The largest absolute Gasteiger partial charge is 0.328 e. The number of amides is 1. The number of hydrogen-bond donors (Lipinski definition) is 2. The second kappa shape index (κ2) is 6.02. The molecule has 2 fully saturated rings. The van der Waals surface area contributed by atoms with E-state index in [-0.39, 0.29) is 11.8 Å². The molecule has 2 aromatic heterocycles. The second-order valence-corrected chi connectivity index (χ2v) is 7.28. The van der Waals surface area contributed by atoms with Gasteiger partial charge in [0.15, 0.2) is 5.82 Å². The maximum absolute atomic E-state index is 12.5. The van der Waals surface area contributed by atoms with Crippen LogP contribution in [0.3, 0.4) is 0 Å². The molecular weight excluding hydrogens is 302 g/mol. The summed E-state index contributed by atoms with van der Waals surface area (Å²) in [7, 11) is 0. The highest BCUT2D eigenvalue weighted by Gasteiger charge is 2.45. The molecule has 2 aromatic rings.